The molecule has 0 fully saturated rings. The lowest BCUT2D eigenvalue weighted by molar-refractivity contribution is -0.120. The number of carbonyl (C=O) groups excluding carboxylic acids is 1. The van der Waals surface area contributed by atoms with Gasteiger partial charge < -0.3 is 5.32 Å². The summed E-state index contributed by atoms with van der Waals surface area (Å²) in [6, 6.07) is 14.1. The maximum atomic E-state index is 13.1. The van der Waals surface area contributed by atoms with Crippen molar-refractivity contribution in [1.82, 2.24) is 15.1 Å². The summed E-state index contributed by atoms with van der Waals surface area (Å²) in [5, 5.41) is 10.4. The van der Waals surface area contributed by atoms with Crippen LogP contribution in [0.3, 0.4) is 0 Å². The molecule has 5 nitrogen and oxygen atoms in total. The Kier molecular flexibility index (Phi) is 7.00. The Morgan fingerprint density at radius 1 is 1.17 bits per heavy atom. The first-order valence-corrected chi connectivity index (χ1v) is 10.2. The van der Waals surface area contributed by atoms with Crippen molar-refractivity contribution in [3.63, 3.8) is 0 Å². The molecule has 0 aliphatic carbocycles. The number of hydrogen-bond acceptors (Lipinski definition) is 3. The number of nitrogens with zero attached hydrogens (tertiary/aromatic N) is 2. The van der Waals surface area contributed by atoms with Crippen LogP contribution >= 0.6 is 0 Å². The van der Waals surface area contributed by atoms with Crippen LogP contribution in [0.25, 0.3) is 11.3 Å². The molecule has 0 saturated heterocycles. The molecule has 158 valence electrons. The lowest BCUT2D eigenvalue weighted by atomic mass is 10.1. The highest BCUT2D eigenvalue weighted by Gasteiger charge is 2.18. The largest absolute Gasteiger partial charge is 0.324 e. The number of halogens is 1. The predicted molar refractivity (Wildman–Crippen MR) is 119 cm³/mol. The topological polar surface area (TPSA) is 61.0 Å². The number of aromatic amines is 1. The standard InChI is InChI=1S/C24H29FN4O/c1-16-7-8-17(2)22(14-16)26-24(30)18(3)29(4)13-5-6-21-15-23(28-27-21)19-9-11-20(25)12-10-19/h7-12,14-15,18H,5-6,13H2,1-4H3,(H,26,30)(H,27,28). The van der Waals surface area contributed by atoms with Crippen LogP contribution in [0.4, 0.5) is 10.1 Å². The summed E-state index contributed by atoms with van der Waals surface area (Å²) in [7, 11) is 1.96. The lowest BCUT2D eigenvalue weighted by Gasteiger charge is -2.24. The van der Waals surface area contributed by atoms with Crippen LogP contribution < -0.4 is 5.32 Å². The van der Waals surface area contributed by atoms with Crippen molar-refractivity contribution in [3.8, 4) is 11.3 Å². The maximum absolute atomic E-state index is 13.1. The second-order valence-corrected chi connectivity index (χ2v) is 7.85. The Morgan fingerprint density at radius 3 is 2.63 bits per heavy atom. The Labute approximate surface area is 177 Å². The average Bonchev–Trinajstić information content (AvgIpc) is 3.19. The van der Waals surface area contributed by atoms with Crippen molar-refractivity contribution >= 4 is 11.6 Å². The van der Waals surface area contributed by atoms with Crippen LogP contribution in [-0.4, -0.2) is 40.6 Å². The molecular formula is C24H29FN4O. The SMILES string of the molecule is Cc1ccc(C)c(NC(=O)C(C)N(C)CCCc2cc(-c3ccc(F)cc3)n[nH]2)c1. The van der Waals surface area contributed by atoms with Gasteiger partial charge in [0.25, 0.3) is 0 Å². The van der Waals surface area contributed by atoms with E-state index in [1.807, 2.05) is 52.1 Å². The smallest absolute Gasteiger partial charge is 0.241 e. The van der Waals surface area contributed by atoms with Gasteiger partial charge in [0, 0.05) is 16.9 Å². The van der Waals surface area contributed by atoms with E-state index in [1.54, 1.807) is 12.1 Å². The average molecular weight is 409 g/mol. The third kappa shape index (κ3) is 5.54. The number of rotatable bonds is 8. The molecule has 2 N–H and O–H groups in total. The first-order valence-electron chi connectivity index (χ1n) is 10.2. The molecule has 0 bridgehead atoms. The molecule has 1 atom stereocenters. The summed E-state index contributed by atoms with van der Waals surface area (Å²) < 4.78 is 13.1. The maximum Gasteiger partial charge on any atom is 0.241 e. The summed E-state index contributed by atoms with van der Waals surface area (Å²) in [4.78, 5) is 14.7. The number of anilines is 1. The Morgan fingerprint density at radius 2 is 1.90 bits per heavy atom. The van der Waals surface area contributed by atoms with Gasteiger partial charge in [-0.25, -0.2) is 4.39 Å². The normalized spacial score (nSPS) is 12.2. The molecule has 1 heterocycles. The highest BCUT2D eigenvalue weighted by Crippen LogP contribution is 2.19. The molecule has 0 aliphatic rings. The number of aryl methyl sites for hydroxylation is 3. The fourth-order valence-electron chi connectivity index (χ4n) is 3.28. The molecule has 0 radical (unpaired) electrons. The fraction of sp³-hybridized carbons (Fsp3) is 0.333. The third-order valence-corrected chi connectivity index (χ3v) is 5.42. The summed E-state index contributed by atoms with van der Waals surface area (Å²) in [6.45, 7) is 6.71. The van der Waals surface area contributed by atoms with E-state index in [1.165, 1.54) is 12.1 Å². The van der Waals surface area contributed by atoms with Gasteiger partial charge in [-0.05, 0) is 94.7 Å². The molecule has 1 unspecified atom stereocenters. The quantitative estimate of drug-likeness (QED) is 0.567. The van der Waals surface area contributed by atoms with Gasteiger partial charge in [0.2, 0.25) is 5.91 Å². The van der Waals surface area contributed by atoms with Crippen LogP contribution in [-0.2, 0) is 11.2 Å². The third-order valence-electron chi connectivity index (χ3n) is 5.42. The van der Waals surface area contributed by atoms with E-state index in [9.17, 15) is 9.18 Å². The molecule has 3 aromatic rings. The Hall–Kier alpha value is -2.99. The number of likely N-dealkylation sites (N-methyl/N-ethyl adjacent to an activating group) is 1. The molecular weight excluding hydrogens is 379 g/mol. The van der Waals surface area contributed by atoms with Crippen LogP contribution in [0.5, 0.6) is 0 Å². The van der Waals surface area contributed by atoms with E-state index in [2.05, 4.69) is 20.4 Å². The molecule has 30 heavy (non-hydrogen) atoms. The Balaban J connectivity index is 1.49. The van der Waals surface area contributed by atoms with Gasteiger partial charge in [-0.1, -0.05) is 12.1 Å². The number of aromatic nitrogens is 2. The van der Waals surface area contributed by atoms with Crippen LogP contribution in [0, 0.1) is 19.7 Å². The molecule has 0 saturated carbocycles. The fourth-order valence-corrected chi connectivity index (χ4v) is 3.28. The number of hydrogen-bond donors (Lipinski definition) is 2. The summed E-state index contributed by atoms with van der Waals surface area (Å²) >= 11 is 0. The summed E-state index contributed by atoms with van der Waals surface area (Å²) in [6.07, 6.45) is 1.71. The first-order chi connectivity index (χ1) is 14.3. The molecule has 6 heteroatoms. The minimum Gasteiger partial charge on any atom is -0.324 e. The molecule has 0 spiro atoms. The van der Waals surface area contributed by atoms with Crippen molar-refractivity contribution in [2.45, 2.75) is 39.7 Å². The van der Waals surface area contributed by atoms with Crippen molar-refractivity contribution in [2.24, 2.45) is 0 Å². The van der Waals surface area contributed by atoms with Crippen LogP contribution in [0.15, 0.2) is 48.5 Å². The highest BCUT2D eigenvalue weighted by molar-refractivity contribution is 5.95. The van der Waals surface area contributed by atoms with Crippen molar-refractivity contribution in [1.29, 1.82) is 0 Å². The van der Waals surface area contributed by atoms with Crippen molar-refractivity contribution in [3.05, 3.63) is 71.2 Å². The number of amides is 1. The second kappa shape index (κ2) is 9.67. The van der Waals surface area contributed by atoms with Crippen LogP contribution in [0.2, 0.25) is 0 Å². The first kappa shape index (κ1) is 21.7. The van der Waals surface area contributed by atoms with Gasteiger partial charge in [-0.15, -0.1) is 0 Å². The van der Waals surface area contributed by atoms with Gasteiger partial charge in [0.05, 0.1) is 11.7 Å². The highest BCUT2D eigenvalue weighted by atomic mass is 19.1. The molecule has 0 aliphatic heterocycles. The van der Waals surface area contributed by atoms with E-state index >= 15 is 0 Å². The summed E-state index contributed by atoms with van der Waals surface area (Å²) in [5.74, 6) is -0.264. The van der Waals surface area contributed by atoms with Gasteiger partial charge in [0.15, 0.2) is 0 Å². The molecule has 1 amide bonds. The predicted octanol–water partition coefficient (Wildman–Crippen LogP) is 4.72. The minimum absolute atomic E-state index is 0.00802. The number of H-pyrrole nitrogens is 1. The van der Waals surface area contributed by atoms with Crippen molar-refractivity contribution in [2.75, 3.05) is 18.9 Å². The zero-order valence-electron chi connectivity index (χ0n) is 18.0. The van der Waals surface area contributed by atoms with Gasteiger partial charge in [-0.3, -0.25) is 14.8 Å². The molecule has 2 aromatic carbocycles. The van der Waals surface area contributed by atoms with Gasteiger partial charge in [-0.2, -0.15) is 5.10 Å². The zero-order valence-corrected chi connectivity index (χ0v) is 18.0. The Bertz CT molecular complexity index is 997. The van der Waals surface area contributed by atoms with Gasteiger partial charge in [0.1, 0.15) is 5.82 Å². The van der Waals surface area contributed by atoms with Crippen LogP contribution in [0.1, 0.15) is 30.2 Å². The van der Waals surface area contributed by atoms with E-state index in [4.69, 9.17) is 0 Å². The number of carbonyl (C=O) groups is 1. The zero-order chi connectivity index (χ0) is 21.7. The van der Waals surface area contributed by atoms with Crippen molar-refractivity contribution < 1.29 is 9.18 Å². The monoisotopic (exact) mass is 408 g/mol. The van der Waals surface area contributed by atoms with E-state index in [0.717, 1.165) is 53.2 Å². The summed E-state index contributed by atoms with van der Waals surface area (Å²) in [5.41, 5.74) is 5.75. The van der Waals surface area contributed by atoms with E-state index in [-0.39, 0.29) is 17.8 Å². The number of nitrogens with one attached hydrogen (secondary N) is 2. The lowest BCUT2D eigenvalue weighted by Crippen LogP contribution is -2.40. The van der Waals surface area contributed by atoms with Gasteiger partial charge >= 0.3 is 0 Å². The van der Waals surface area contributed by atoms with E-state index < -0.39 is 0 Å². The molecule has 3 rings (SSSR count). The second-order valence-electron chi connectivity index (χ2n) is 7.85. The molecule has 1 aromatic heterocycles. The minimum atomic E-state index is -0.256. The van der Waals surface area contributed by atoms with E-state index in [0.29, 0.717) is 0 Å². The number of benzene rings is 2.